The molecule has 1 saturated heterocycles. The monoisotopic (exact) mass is 207 g/mol. The van der Waals surface area contributed by atoms with Gasteiger partial charge in [0, 0.05) is 13.1 Å². The number of hydrogen-bond acceptors (Lipinski definition) is 3. The van der Waals surface area contributed by atoms with Gasteiger partial charge in [0.25, 0.3) is 0 Å². The van der Waals surface area contributed by atoms with Crippen molar-refractivity contribution < 1.29 is 10.2 Å². The van der Waals surface area contributed by atoms with Crippen LogP contribution >= 0.6 is 0 Å². The number of aliphatic hydroxyl groups excluding tert-OH is 1. The predicted molar refractivity (Wildman–Crippen MR) is 58.6 cm³/mol. The molecule has 0 bridgehead atoms. The molecule has 1 aliphatic rings. The molecule has 82 valence electrons. The molecule has 15 heavy (non-hydrogen) atoms. The van der Waals surface area contributed by atoms with Crippen LogP contribution in [0.3, 0.4) is 0 Å². The lowest BCUT2D eigenvalue weighted by Crippen LogP contribution is -2.37. The molecular formula is C12H17NO2. The Morgan fingerprint density at radius 2 is 2.00 bits per heavy atom. The van der Waals surface area contributed by atoms with Crippen molar-refractivity contribution in [1.29, 1.82) is 0 Å². The molecule has 0 radical (unpaired) electrons. The average Bonchev–Trinajstić information content (AvgIpc) is 2.22. The SMILES string of the molecule is Oc1ccc(CN2CCCC(O)C2)cc1. The lowest BCUT2D eigenvalue weighted by atomic mass is 10.1. The van der Waals surface area contributed by atoms with Crippen LogP contribution in [-0.2, 0) is 6.54 Å². The zero-order chi connectivity index (χ0) is 10.7. The number of rotatable bonds is 2. The average molecular weight is 207 g/mol. The Labute approximate surface area is 90.0 Å². The summed E-state index contributed by atoms with van der Waals surface area (Å²) in [5, 5.41) is 18.7. The second-order valence-electron chi connectivity index (χ2n) is 4.20. The predicted octanol–water partition coefficient (Wildman–Crippen LogP) is 1.35. The largest absolute Gasteiger partial charge is 0.508 e. The molecule has 1 aromatic carbocycles. The first-order chi connectivity index (χ1) is 7.24. The molecule has 0 spiro atoms. The smallest absolute Gasteiger partial charge is 0.115 e. The van der Waals surface area contributed by atoms with Crippen LogP contribution in [-0.4, -0.2) is 34.3 Å². The van der Waals surface area contributed by atoms with Crippen molar-refractivity contribution in [2.45, 2.75) is 25.5 Å². The van der Waals surface area contributed by atoms with Crippen LogP contribution in [0.2, 0.25) is 0 Å². The van der Waals surface area contributed by atoms with Crippen LogP contribution in [0.4, 0.5) is 0 Å². The summed E-state index contributed by atoms with van der Waals surface area (Å²) < 4.78 is 0. The van der Waals surface area contributed by atoms with Crippen LogP contribution in [0.25, 0.3) is 0 Å². The third kappa shape index (κ3) is 2.94. The number of piperidine rings is 1. The Balaban J connectivity index is 1.93. The highest BCUT2D eigenvalue weighted by Crippen LogP contribution is 2.15. The van der Waals surface area contributed by atoms with Gasteiger partial charge in [-0.25, -0.2) is 0 Å². The molecule has 1 fully saturated rings. The summed E-state index contributed by atoms with van der Waals surface area (Å²) >= 11 is 0. The van der Waals surface area contributed by atoms with E-state index >= 15 is 0 Å². The lowest BCUT2D eigenvalue weighted by Gasteiger charge is -2.29. The van der Waals surface area contributed by atoms with E-state index in [2.05, 4.69) is 4.90 Å². The summed E-state index contributed by atoms with van der Waals surface area (Å²) in [6.07, 6.45) is 1.82. The quantitative estimate of drug-likeness (QED) is 0.769. The standard InChI is InChI=1S/C12H17NO2/c14-11-5-3-10(4-6-11)8-13-7-1-2-12(15)9-13/h3-6,12,14-15H,1-2,7-9H2. The minimum absolute atomic E-state index is 0.170. The Bertz CT molecular complexity index is 310. The van der Waals surface area contributed by atoms with Gasteiger partial charge in [-0.1, -0.05) is 12.1 Å². The van der Waals surface area contributed by atoms with Gasteiger partial charge in [0.15, 0.2) is 0 Å². The fourth-order valence-corrected chi connectivity index (χ4v) is 2.03. The second kappa shape index (κ2) is 4.64. The van der Waals surface area contributed by atoms with E-state index in [-0.39, 0.29) is 6.10 Å². The Morgan fingerprint density at radius 1 is 1.27 bits per heavy atom. The molecule has 1 unspecified atom stereocenters. The van der Waals surface area contributed by atoms with Crippen molar-refractivity contribution >= 4 is 0 Å². The third-order valence-electron chi connectivity index (χ3n) is 2.82. The summed E-state index contributed by atoms with van der Waals surface area (Å²) in [6.45, 7) is 2.68. The highest BCUT2D eigenvalue weighted by atomic mass is 16.3. The summed E-state index contributed by atoms with van der Waals surface area (Å²) in [7, 11) is 0. The molecule has 1 atom stereocenters. The molecule has 2 rings (SSSR count). The summed E-state index contributed by atoms with van der Waals surface area (Å²) in [4.78, 5) is 2.25. The van der Waals surface area contributed by atoms with E-state index in [0.29, 0.717) is 5.75 Å². The second-order valence-corrected chi connectivity index (χ2v) is 4.20. The number of aromatic hydroxyl groups is 1. The highest BCUT2D eigenvalue weighted by molar-refractivity contribution is 5.25. The Hall–Kier alpha value is -1.06. The van der Waals surface area contributed by atoms with Crippen LogP contribution in [0.5, 0.6) is 5.75 Å². The van der Waals surface area contributed by atoms with Crippen LogP contribution in [0.1, 0.15) is 18.4 Å². The Kier molecular flexibility index (Phi) is 3.23. The molecule has 0 aromatic heterocycles. The van der Waals surface area contributed by atoms with E-state index in [1.807, 2.05) is 12.1 Å². The van der Waals surface area contributed by atoms with Gasteiger partial charge >= 0.3 is 0 Å². The molecule has 3 nitrogen and oxygen atoms in total. The number of aliphatic hydroxyl groups is 1. The van der Waals surface area contributed by atoms with E-state index in [9.17, 15) is 5.11 Å². The van der Waals surface area contributed by atoms with E-state index < -0.39 is 0 Å². The topological polar surface area (TPSA) is 43.7 Å². The summed E-state index contributed by atoms with van der Waals surface area (Å²) in [6, 6.07) is 7.26. The van der Waals surface area contributed by atoms with Gasteiger partial charge in [-0.3, -0.25) is 4.90 Å². The van der Waals surface area contributed by atoms with Crippen molar-refractivity contribution in [2.75, 3.05) is 13.1 Å². The summed E-state index contributed by atoms with van der Waals surface area (Å²) in [5.41, 5.74) is 1.18. The molecule has 0 aliphatic carbocycles. The van der Waals surface area contributed by atoms with E-state index in [0.717, 1.165) is 32.5 Å². The van der Waals surface area contributed by atoms with Gasteiger partial charge < -0.3 is 10.2 Å². The van der Waals surface area contributed by atoms with E-state index in [1.54, 1.807) is 12.1 Å². The number of likely N-dealkylation sites (tertiary alicyclic amines) is 1. The van der Waals surface area contributed by atoms with Crippen LogP contribution in [0.15, 0.2) is 24.3 Å². The number of hydrogen-bond donors (Lipinski definition) is 2. The van der Waals surface area contributed by atoms with Gasteiger partial charge in [0.05, 0.1) is 6.10 Å². The van der Waals surface area contributed by atoms with Crippen LogP contribution in [0, 0.1) is 0 Å². The van der Waals surface area contributed by atoms with Gasteiger partial charge in [0.2, 0.25) is 0 Å². The maximum atomic E-state index is 9.52. The molecule has 1 heterocycles. The minimum Gasteiger partial charge on any atom is -0.508 e. The molecule has 1 aliphatic heterocycles. The first-order valence-corrected chi connectivity index (χ1v) is 5.42. The maximum absolute atomic E-state index is 9.52. The van der Waals surface area contributed by atoms with Crippen molar-refractivity contribution in [3.8, 4) is 5.75 Å². The first kappa shape index (κ1) is 10.5. The number of β-amino-alcohol motifs (C(OH)–C–C–N with tert-alkyl or cyclic N) is 1. The fraction of sp³-hybridized carbons (Fsp3) is 0.500. The van der Waals surface area contributed by atoms with Crippen molar-refractivity contribution in [3.05, 3.63) is 29.8 Å². The lowest BCUT2D eigenvalue weighted by molar-refractivity contribution is 0.0668. The number of phenols is 1. The number of benzene rings is 1. The third-order valence-corrected chi connectivity index (χ3v) is 2.82. The normalized spacial score (nSPS) is 22.9. The first-order valence-electron chi connectivity index (χ1n) is 5.42. The van der Waals surface area contributed by atoms with Gasteiger partial charge in [-0.2, -0.15) is 0 Å². The molecule has 3 heteroatoms. The van der Waals surface area contributed by atoms with Crippen molar-refractivity contribution in [1.82, 2.24) is 4.90 Å². The molecule has 0 saturated carbocycles. The van der Waals surface area contributed by atoms with Gasteiger partial charge in [-0.05, 0) is 37.1 Å². The Morgan fingerprint density at radius 3 is 2.67 bits per heavy atom. The van der Waals surface area contributed by atoms with Crippen molar-refractivity contribution in [2.24, 2.45) is 0 Å². The molecular weight excluding hydrogens is 190 g/mol. The minimum atomic E-state index is -0.170. The zero-order valence-electron chi connectivity index (χ0n) is 8.76. The molecule has 2 N–H and O–H groups in total. The van der Waals surface area contributed by atoms with Crippen LogP contribution < -0.4 is 0 Å². The van der Waals surface area contributed by atoms with Gasteiger partial charge in [0.1, 0.15) is 5.75 Å². The fourth-order valence-electron chi connectivity index (χ4n) is 2.03. The number of nitrogens with zero attached hydrogens (tertiary/aromatic N) is 1. The maximum Gasteiger partial charge on any atom is 0.115 e. The zero-order valence-corrected chi connectivity index (χ0v) is 8.76. The van der Waals surface area contributed by atoms with Crippen molar-refractivity contribution in [3.63, 3.8) is 0 Å². The number of phenolic OH excluding ortho intramolecular Hbond substituents is 1. The van der Waals surface area contributed by atoms with E-state index in [4.69, 9.17) is 5.11 Å². The molecule has 0 amide bonds. The highest BCUT2D eigenvalue weighted by Gasteiger charge is 2.17. The van der Waals surface area contributed by atoms with E-state index in [1.165, 1.54) is 5.56 Å². The molecule has 1 aromatic rings. The van der Waals surface area contributed by atoms with Gasteiger partial charge in [-0.15, -0.1) is 0 Å². The summed E-state index contributed by atoms with van der Waals surface area (Å²) in [5.74, 6) is 0.303.